The molecule has 1 fully saturated rings. The zero-order valence-electron chi connectivity index (χ0n) is 13.7. The number of likely N-dealkylation sites (tertiary alicyclic amines) is 1. The van der Waals surface area contributed by atoms with Crippen molar-refractivity contribution < 1.29 is 4.79 Å². The molecule has 23 heavy (non-hydrogen) atoms. The fraction of sp³-hybridized carbons (Fsp3) is 0.529. The fourth-order valence-corrected chi connectivity index (χ4v) is 3.91. The van der Waals surface area contributed by atoms with Gasteiger partial charge in [0.1, 0.15) is 0 Å². The van der Waals surface area contributed by atoms with Crippen LogP contribution >= 0.6 is 11.3 Å². The van der Waals surface area contributed by atoms with Gasteiger partial charge in [-0.15, -0.1) is 11.3 Å². The number of nitrogens with one attached hydrogen (secondary N) is 1. The Kier molecular flexibility index (Phi) is 5.00. The van der Waals surface area contributed by atoms with E-state index in [-0.39, 0.29) is 6.03 Å². The molecule has 0 saturated carbocycles. The van der Waals surface area contributed by atoms with Gasteiger partial charge in [-0.3, -0.25) is 4.68 Å². The highest BCUT2D eigenvalue weighted by Crippen LogP contribution is 2.22. The van der Waals surface area contributed by atoms with Crippen LogP contribution in [-0.2, 0) is 13.5 Å². The van der Waals surface area contributed by atoms with Crippen molar-refractivity contribution in [1.29, 1.82) is 0 Å². The molecule has 0 bridgehead atoms. The summed E-state index contributed by atoms with van der Waals surface area (Å²) < 4.78 is 1.83. The number of aryl methyl sites for hydroxylation is 1. The molecular weight excluding hydrogens is 308 g/mol. The van der Waals surface area contributed by atoms with Crippen molar-refractivity contribution in [2.45, 2.75) is 25.7 Å². The second kappa shape index (κ2) is 7.17. The van der Waals surface area contributed by atoms with Gasteiger partial charge in [0.2, 0.25) is 0 Å². The average Bonchev–Trinajstić information content (AvgIpc) is 3.26. The second-order valence-corrected chi connectivity index (χ2v) is 7.41. The van der Waals surface area contributed by atoms with E-state index in [1.165, 1.54) is 10.4 Å². The number of carbonyl (C=O) groups excluding carboxylic acids is 1. The molecule has 2 aromatic heterocycles. The average molecular weight is 332 g/mol. The molecule has 1 aliphatic heterocycles. The number of hydrogen-bond acceptors (Lipinski definition) is 3. The van der Waals surface area contributed by atoms with E-state index in [2.05, 4.69) is 41.0 Å². The molecule has 0 spiro atoms. The molecule has 124 valence electrons. The van der Waals surface area contributed by atoms with Crippen LogP contribution in [-0.4, -0.2) is 40.3 Å². The largest absolute Gasteiger partial charge is 0.337 e. The third-order valence-electron chi connectivity index (χ3n) is 4.44. The highest BCUT2D eigenvalue weighted by molar-refractivity contribution is 7.10. The lowest BCUT2D eigenvalue weighted by atomic mass is 10.0. The second-order valence-electron chi connectivity index (χ2n) is 6.43. The van der Waals surface area contributed by atoms with Crippen LogP contribution in [0.5, 0.6) is 0 Å². The zero-order chi connectivity index (χ0) is 16.2. The maximum atomic E-state index is 12.3. The first kappa shape index (κ1) is 16.1. The lowest BCUT2D eigenvalue weighted by Gasteiger charge is -2.19. The number of amides is 2. The van der Waals surface area contributed by atoms with Crippen LogP contribution in [0.15, 0.2) is 29.9 Å². The predicted molar refractivity (Wildman–Crippen MR) is 92.7 cm³/mol. The van der Waals surface area contributed by atoms with E-state index in [9.17, 15) is 4.79 Å². The highest BCUT2D eigenvalue weighted by Gasteiger charge is 2.26. The van der Waals surface area contributed by atoms with E-state index in [1.807, 2.05) is 22.8 Å². The van der Waals surface area contributed by atoms with Gasteiger partial charge in [0, 0.05) is 43.7 Å². The van der Waals surface area contributed by atoms with Crippen molar-refractivity contribution >= 4 is 17.4 Å². The number of rotatable bonds is 5. The van der Waals surface area contributed by atoms with Crippen molar-refractivity contribution in [2.75, 3.05) is 19.6 Å². The zero-order valence-corrected chi connectivity index (χ0v) is 14.6. The summed E-state index contributed by atoms with van der Waals surface area (Å²) in [5.74, 6) is 0.910. The number of thiophene rings is 1. The van der Waals surface area contributed by atoms with E-state index < -0.39 is 0 Å². The van der Waals surface area contributed by atoms with Crippen LogP contribution < -0.4 is 5.32 Å². The number of aromatic nitrogens is 2. The van der Waals surface area contributed by atoms with E-state index in [4.69, 9.17) is 0 Å². The normalized spacial score (nSPS) is 19.0. The van der Waals surface area contributed by atoms with Crippen molar-refractivity contribution in [2.24, 2.45) is 13.0 Å². The summed E-state index contributed by atoms with van der Waals surface area (Å²) in [5.41, 5.74) is 1.26. The third kappa shape index (κ3) is 4.13. The van der Waals surface area contributed by atoms with E-state index in [0.29, 0.717) is 18.4 Å². The van der Waals surface area contributed by atoms with Gasteiger partial charge >= 0.3 is 6.03 Å². The lowest BCUT2D eigenvalue weighted by molar-refractivity contribution is 0.206. The molecule has 3 heterocycles. The number of nitrogens with zero attached hydrogens (tertiary/aromatic N) is 3. The smallest absolute Gasteiger partial charge is 0.317 e. The van der Waals surface area contributed by atoms with Crippen molar-refractivity contribution in [1.82, 2.24) is 20.0 Å². The predicted octanol–water partition coefficient (Wildman–Crippen LogP) is 2.86. The Labute approximate surface area is 141 Å². The minimum atomic E-state index is 0.0714. The SMILES string of the molecule is C[C@@H](CNC(=O)N1CC[C@@H](Cc2cnn(C)c2)C1)c1cccs1. The van der Waals surface area contributed by atoms with E-state index >= 15 is 0 Å². The van der Waals surface area contributed by atoms with Gasteiger partial charge in [0.25, 0.3) is 0 Å². The summed E-state index contributed by atoms with van der Waals surface area (Å²) in [6.45, 7) is 4.54. The number of hydrogen-bond donors (Lipinski definition) is 1. The molecule has 1 saturated heterocycles. The summed E-state index contributed by atoms with van der Waals surface area (Å²) in [6.07, 6.45) is 6.06. The Bertz CT molecular complexity index is 637. The van der Waals surface area contributed by atoms with Gasteiger partial charge in [0.05, 0.1) is 6.20 Å². The lowest BCUT2D eigenvalue weighted by Crippen LogP contribution is -2.40. The number of urea groups is 1. The highest BCUT2D eigenvalue weighted by atomic mass is 32.1. The van der Waals surface area contributed by atoms with Crippen molar-refractivity contribution in [3.63, 3.8) is 0 Å². The van der Waals surface area contributed by atoms with Gasteiger partial charge in [-0.25, -0.2) is 4.79 Å². The Hall–Kier alpha value is -1.82. The quantitative estimate of drug-likeness (QED) is 0.915. The molecule has 3 rings (SSSR count). The van der Waals surface area contributed by atoms with Crippen LogP contribution in [0, 0.1) is 5.92 Å². The van der Waals surface area contributed by atoms with Crippen molar-refractivity contribution in [3.05, 3.63) is 40.3 Å². The van der Waals surface area contributed by atoms with Gasteiger partial charge in [-0.1, -0.05) is 13.0 Å². The molecule has 6 heteroatoms. The fourth-order valence-electron chi connectivity index (χ4n) is 3.12. The molecule has 0 aliphatic carbocycles. The van der Waals surface area contributed by atoms with Crippen LogP contribution in [0.2, 0.25) is 0 Å². The van der Waals surface area contributed by atoms with Crippen LogP contribution in [0.1, 0.15) is 29.7 Å². The number of carbonyl (C=O) groups is 1. The van der Waals surface area contributed by atoms with Gasteiger partial charge in [-0.05, 0) is 35.8 Å². The molecule has 2 aromatic rings. The maximum absolute atomic E-state index is 12.3. The van der Waals surface area contributed by atoms with Crippen molar-refractivity contribution in [3.8, 4) is 0 Å². The van der Waals surface area contributed by atoms with E-state index in [1.54, 1.807) is 11.3 Å². The third-order valence-corrected chi connectivity index (χ3v) is 5.55. The summed E-state index contributed by atoms with van der Waals surface area (Å²) in [5, 5.41) is 9.37. The molecule has 0 radical (unpaired) electrons. The molecule has 1 N–H and O–H groups in total. The van der Waals surface area contributed by atoms with Gasteiger partial charge < -0.3 is 10.2 Å². The minimum absolute atomic E-state index is 0.0714. The van der Waals surface area contributed by atoms with Crippen LogP contribution in [0.3, 0.4) is 0 Å². The maximum Gasteiger partial charge on any atom is 0.317 e. The first-order valence-corrected chi connectivity index (χ1v) is 9.03. The van der Waals surface area contributed by atoms with Crippen LogP contribution in [0.4, 0.5) is 4.79 Å². The van der Waals surface area contributed by atoms with Crippen LogP contribution in [0.25, 0.3) is 0 Å². The molecule has 1 aliphatic rings. The summed E-state index contributed by atoms with van der Waals surface area (Å²) in [7, 11) is 1.94. The summed E-state index contributed by atoms with van der Waals surface area (Å²) in [6, 6.07) is 4.26. The van der Waals surface area contributed by atoms with E-state index in [0.717, 1.165) is 25.9 Å². The summed E-state index contributed by atoms with van der Waals surface area (Å²) >= 11 is 1.75. The standard InChI is InChI=1S/C17H24N4OS/c1-13(16-4-3-7-23-16)9-18-17(22)21-6-5-14(12-21)8-15-10-19-20(2)11-15/h3-4,7,10-11,13-14H,5-6,8-9,12H2,1-2H3,(H,18,22)/t13-,14-/m0/s1. The molecule has 0 aromatic carbocycles. The molecule has 2 amide bonds. The Morgan fingerprint density at radius 3 is 3.13 bits per heavy atom. The van der Waals surface area contributed by atoms with Gasteiger partial charge in [-0.2, -0.15) is 5.10 Å². The topological polar surface area (TPSA) is 50.2 Å². The molecule has 0 unspecified atom stereocenters. The minimum Gasteiger partial charge on any atom is -0.337 e. The first-order valence-electron chi connectivity index (χ1n) is 8.15. The Morgan fingerprint density at radius 1 is 1.57 bits per heavy atom. The molecule has 5 nitrogen and oxygen atoms in total. The van der Waals surface area contributed by atoms with Gasteiger partial charge in [0.15, 0.2) is 0 Å². The Balaban J connectivity index is 1.44. The monoisotopic (exact) mass is 332 g/mol. The molecular formula is C17H24N4OS. The molecule has 2 atom stereocenters. The Morgan fingerprint density at radius 2 is 2.43 bits per heavy atom. The summed E-state index contributed by atoms with van der Waals surface area (Å²) in [4.78, 5) is 15.6. The first-order chi connectivity index (χ1) is 11.1.